The molecule has 0 aromatic carbocycles. The predicted molar refractivity (Wildman–Crippen MR) is 222 cm³/mol. The molecule has 0 saturated heterocycles. The fourth-order valence-electron chi connectivity index (χ4n) is 11.3. The molecule has 0 aromatic heterocycles. The molecule has 326 valence electrons. The Labute approximate surface area is 340 Å². The van der Waals surface area contributed by atoms with Crippen LogP contribution in [0.3, 0.4) is 0 Å². The molecule has 4 atom stereocenters. The van der Waals surface area contributed by atoms with Crippen LogP contribution in [0.4, 0.5) is 8.78 Å². The number of nitrogens with zero attached hydrogens (tertiary/aromatic N) is 1. The first-order chi connectivity index (χ1) is 26.9. The number of halogens is 2. The van der Waals surface area contributed by atoms with Gasteiger partial charge in [-0.05, 0) is 96.2 Å². The van der Waals surface area contributed by atoms with Crippen molar-refractivity contribution in [1.29, 1.82) is 0 Å². The van der Waals surface area contributed by atoms with Crippen molar-refractivity contribution in [2.75, 3.05) is 39.5 Å². The van der Waals surface area contributed by atoms with Crippen molar-refractivity contribution >= 4 is 17.9 Å². The van der Waals surface area contributed by atoms with E-state index in [0.717, 1.165) is 122 Å². The Morgan fingerprint density at radius 1 is 0.554 bits per heavy atom. The lowest BCUT2D eigenvalue weighted by atomic mass is 9.40. The summed E-state index contributed by atoms with van der Waals surface area (Å²) in [7, 11) is 0. The molecule has 0 N–H and O–H groups in total. The van der Waals surface area contributed by atoms with E-state index in [4.69, 9.17) is 14.2 Å². The van der Waals surface area contributed by atoms with Crippen LogP contribution >= 0.6 is 0 Å². The SMILES string of the molecule is CCCCCC(CCCCC)C(F)C(=O)OCC12CC3CC(COC(=O)CCCN(CC)CC)(C1)CC(COC(=O)C(F)C(CCCCC)CCCCC)(C3)C2. The zero-order valence-electron chi connectivity index (χ0n) is 36.8. The second kappa shape index (κ2) is 25.0. The summed E-state index contributed by atoms with van der Waals surface area (Å²) < 4.78 is 49.9. The average Bonchev–Trinajstić information content (AvgIpc) is 3.18. The summed E-state index contributed by atoms with van der Waals surface area (Å²) in [5.41, 5.74) is -1.23. The summed E-state index contributed by atoms with van der Waals surface area (Å²) in [5.74, 6) is -2.13. The van der Waals surface area contributed by atoms with E-state index in [-0.39, 0.29) is 49.0 Å². The van der Waals surface area contributed by atoms with Gasteiger partial charge < -0.3 is 19.1 Å². The van der Waals surface area contributed by atoms with Crippen molar-refractivity contribution in [3.8, 4) is 0 Å². The number of ether oxygens (including phenoxy) is 3. The molecule has 56 heavy (non-hydrogen) atoms. The van der Waals surface area contributed by atoms with Gasteiger partial charge in [-0.25, -0.2) is 18.4 Å². The van der Waals surface area contributed by atoms with E-state index in [1.54, 1.807) is 0 Å². The first kappa shape index (κ1) is 48.6. The van der Waals surface area contributed by atoms with E-state index in [0.29, 0.717) is 51.4 Å². The van der Waals surface area contributed by atoms with Crippen LogP contribution in [0.5, 0.6) is 0 Å². The highest BCUT2D eigenvalue weighted by atomic mass is 19.1. The molecular formula is C47H83F2NO6. The van der Waals surface area contributed by atoms with Gasteiger partial charge in [-0.1, -0.05) is 119 Å². The van der Waals surface area contributed by atoms with Crippen molar-refractivity contribution in [2.45, 2.75) is 208 Å². The van der Waals surface area contributed by atoms with E-state index in [1.165, 1.54) is 0 Å². The van der Waals surface area contributed by atoms with Gasteiger partial charge in [-0.3, -0.25) is 4.79 Å². The van der Waals surface area contributed by atoms with Gasteiger partial charge >= 0.3 is 17.9 Å². The second-order valence-electron chi connectivity index (χ2n) is 18.8. The van der Waals surface area contributed by atoms with Crippen molar-refractivity contribution in [2.24, 2.45) is 34.0 Å². The van der Waals surface area contributed by atoms with Gasteiger partial charge in [0.2, 0.25) is 0 Å². The smallest absolute Gasteiger partial charge is 0.341 e. The van der Waals surface area contributed by atoms with Crippen molar-refractivity contribution in [3.63, 3.8) is 0 Å². The Balaban J connectivity index is 1.77. The van der Waals surface area contributed by atoms with E-state index in [1.807, 2.05) is 0 Å². The molecule has 0 spiro atoms. The Bertz CT molecular complexity index is 1070. The molecule has 4 bridgehead atoms. The maximum absolute atomic E-state index is 16.0. The van der Waals surface area contributed by atoms with Gasteiger partial charge in [0.05, 0.1) is 19.8 Å². The summed E-state index contributed by atoms with van der Waals surface area (Å²) in [6.45, 7) is 16.0. The number of carbonyl (C=O) groups excluding carboxylic acids is 3. The molecule has 0 aromatic rings. The molecule has 4 rings (SSSR count). The zero-order chi connectivity index (χ0) is 41.0. The molecule has 9 heteroatoms. The molecular weight excluding hydrogens is 713 g/mol. The summed E-state index contributed by atoms with van der Waals surface area (Å²) in [4.78, 5) is 42.3. The maximum atomic E-state index is 16.0. The number of alkyl halides is 2. The van der Waals surface area contributed by atoms with Crippen molar-refractivity contribution in [1.82, 2.24) is 4.90 Å². The van der Waals surface area contributed by atoms with Gasteiger partial charge in [0.1, 0.15) is 0 Å². The van der Waals surface area contributed by atoms with Gasteiger partial charge in [-0.15, -0.1) is 0 Å². The summed E-state index contributed by atoms with van der Waals surface area (Å²) in [6, 6.07) is 0. The first-order valence-corrected chi connectivity index (χ1v) is 23.4. The van der Waals surface area contributed by atoms with Crippen molar-refractivity contribution < 1.29 is 37.4 Å². The number of hydrogen-bond acceptors (Lipinski definition) is 7. The lowest BCUT2D eigenvalue weighted by Gasteiger charge is -2.66. The Morgan fingerprint density at radius 3 is 1.25 bits per heavy atom. The summed E-state index contributed by atoms with van der Waals surface area (Å²) in [5, 5.41) is 0. The molecule has 0 radical (unpaired) electrons. The molecule has 0 aliphatic heterocycles. The van der Waals surface area contributed by atoms with E-state index < -0.39 is 35.1 Å². The third kappa shape index (κ3) is 15.1. The minimum absolute atomic E-state index is 0.108. The summed E-state index contributed by atoms with van der Waals surface area (Å²) >= 11 is 0. The van der Waals surface area contributed by atoms with Gasteiger partial charge in [0.15, 0.2) is 12.3 Å². The average molecular weight is 796 g/mol. The van der Waals surface area contributed by atoms with Crippen LogP contribution in [-0.4, -0.2) is 74.6 Å². The fourth-order valence-corrected chi connectivity index (χ4v) is 11.3. The minimum Gasteiger partial charge on any atom is -0.465 e. The summed E-state index contributed by atoms with van der Waals surface area (Å²) in [6.07, 6.45) is 17.1. The topological polar surface area (TPSA) is 82.1 Å². The van der Waals surface area contributed by atoms with Crippen LogP contribution in [0, 0.1) is 34.0 Å². The molecule has 0 heterocycles. The molecule has 4 fully saturated rings. The number of esters is 3. The van der Waals surface area contributed by atoms with Crippen LogP contribution in [0.2, 0.25) is 0 Å². The first-order valence-electron chi connectivity index (χ1n) is 23.4. The minimum atomic E-state index is -1.65. The van der Waals surface area contributed by atoms with E-state index >= 15 is 8.78 Å². The quantitative estimate of drug-likeness (QED) is 0.0381. The highest BCUT2D eigenvalue weighted by Crippen LogP contribution is 2.70. The van der Waals surface area contributed by atoms with E-state index in [2.05, 4.69) is 46.4 Å². The number of hydrogen-bond donors (Lipinski definition) is 0. The molecule has 0 amide bonds. The molecule has 4 aliphatic carbocycles. The standard InChI is InChI=1S/C47H83F2NO6/c1-7-13-17-22-38(23-18-14-8-2)41(48)43(52)55-35-46-29-37-28-45(31-46,34-54-40(51)26-21-27-50(11-5)12-6)32-47(30-37,33-46)36-56-44(53)42(49)39(24-19-15-9-3)25-20-16-10-4/h37-39,41-42H,7-36H2,1-6H3. The van der Waals surface area contributed by atoms with E-state index in [9.17, 15) is 14.4 Å². The van der Waals surface area contributed by atoms with Crippen LogP contribution in [0.25, 0.3) is 0 Å². The van der Waals surface area contributed by atoms with Gasteiger partial charge in [0.25, 0.3) is 0 Å². The normalized spacial score (nSPS) is 25.2. The van der Waals surface area contributed by atoms with Crippen LogP contribution in [-0.2, 0) is 28.6 Å². The Hall–Kier alpha value is -1.77. The zero-order valence-corrected chi connectivity index (χ0v) is 36.8. The van der Waals surface area contributed by atoms with Gasteiger partial charge in [-0.2, -0.15) is 0 Å². The van der Waals surface area contributed by atoms with Crippen LogP contribution in [0.15, 0.2) is 0 Å². The lowest BCUT2D eigenvalue weighted by Crippen LogP contribution is -2.61. The predicted octanol–water partition coefficient (Wildman–Crippen LogP) is 11.9. The number of unbranched alkanes of at least 4 members (excludes halogenated alkanes) is 8. The highest BCUT2D eigenvalue weighted by Gasteiger charge is 2.64. The van der Waals surface area contributed by atoms with Crippen LogP contribution in [0.1, 0.15) is 196 Å². The van der Waals surface area contributed by atoms with Crippen molar-refractivity contribution in [3.05, 3.63) is 0 Å². The second-order valence-corrected chi connectivity index (χ2v) is 18.8. The third-order valence-corrected chi connectivity index (χ3v) is 13.7. The third-order valence-electron chi connectivity index (χ3n) is 13.7. The molecule has 7 nitrogen and oxygen atoms in total. The molecule has 4 aliphatic rings. The monoisotopic (exact) mass is 796 g/mol. The number of carbonyl (C=O) groups is 3. The molecule has 4 unspecified atom stereocenters. The Morgan fingerprint density at radius 2 is 0.911 bits per heavy atom. The largest absolute Gasteiger partial charge is 0.465 e. The highest BCUT2D eigenvalue weighted by molar-refractivity contribution is 5.75. The van der Waals surface area contributed by atoms with Crippen LogP contribution < -0.4 is 0 Å². The number of rotatable bonds is 32. The fraction of sp³-hybridized carbons (Fsp3) is 0.936. The maximum Gasteiger partial charge on any atom is 0.341 e. The molecule has 4 saturated carbocycles. The Kier molecular flexibility index (Phi) is 21.7. The van der Waals surface area contributed by atoms with Gasteiger partial charge in [0, 0.05) is 34.5 Å². The lowest BCUT2D eigenvalue weighted by molar-refractivity contribution is -0.215.